The second-order valence-corrected chi connectivity index (χ2v) is 7.89. The lowest BCUT2D eigenvalue weighted by Crippen LogP contribution is -2.34. The van der Waals surface area contributed by atoms with Crippen molar-refractivity contribution in [3.63, 3.8) is 0 Å². The summed E-state index contributed by atoms with van der Waals surface area (Å²) in [4.78, 5) is 17.5. The molecule has 0 spiro atoms. The number of amides is 2. The van der Waals surface area contributed by atoms with Gasteiger partial charge in [0, 0.05) is 6.20 Å². The monoisotopic (exact) mass is 425 g/mol. The third-order valence-electron chi connectivity index (χ3n) is 5.44. The maximum absolute atomic E-state index is 13.0. The fourth-order valence-electron chi connectivity index (χ4n) is 3.72. The van der Waals surface area contributed by atoms with Gasteiger partial charge in [-0.15, -0.1) is 0 Å². The molecule has 6 nitrogen and oxygen atoms in total. The average Bonchev–Trinajstić information content (AvgIpc) is 3.09. The molecule has 1 atom stereocenters. The Bertz CT molecular complexity index is 1180. The molecule has 2 heterocycles. The lowest BCUT2D eigenvalue weighted by atomic mass is 10.0. The zero-order chi connectivity index (χ0) is 22.5. The summed E-state index contributed by atoms with van der Waals surface area (Å²) in [5.41, 5.74) is 6.45. The fourth-order valence-corrected chi connectivity index (χ4v) is 3.72. The minimum Gasteiger partial charge on any atom is -0.329 e. The Labute approximate surface area is 188 Å². The van der Waals surface area contributed by atoms with Crippen LogP contribution in [0.3, 0.4) is 0 Å². The molecule has 0 saturated carbocycles. The number of rotatable bonds is 6. The van der Waals surface area contributed by atoms with E-state index >= 15 is 0 Å². The summed E-state index contributed by atoms with van der Waals surface area (Å²) in [7, 11) is 0. The van der Waals surface area contributed by atoms with E-state index in [0.29, 0.717) is 12.1 Å². The molecule has 2 aromatic carbocycles. The van der Waals surface area contributed by atoms with Crippen molar-refractivity contribution in [2.75, 3.05) is 5.32 Å². The minimum absolute atomic E-state index is 0.260. The van der Waals surface area contributed by atoms with E-state index in [-0.39, 0.29) is 12.1 Å². The molecule has 6 heteroatoms. The van der Waals surface area contributed by atoms with Gasteiger partial charge >= 0.3 is 6.03 Å². The Morgan fingerprint density at radius 2 is 1.66 bits per heavy atom. The first-order valence-corrected chi connectivity index (χ1v) is 10.7. The van der Waals surface area contributed by atoms with Crippen LogP contribution in [0, 0.1) is 20.8 Å². The number of pyridine rings is 1. The number of nitrogens with one attached hydrogen (secondary N) is 2. The molecule has 0 saturated heterocycles. The molecule has 2 aromatic heterocycles. The molecule has 0 bridgehead atoms. The van der Waals surface area contributed by atoms with Crippen LogP contribution in [0.25, 0.3) is 5.69 Å². The van der Waals surface area contributed by atoms with Gasteiger partial charge in [-0.05, 0) is 57.0 Å². The van der Waals surface area contributed by atoms with Crippen LogP contribution in [0.4, 0.5) is 10.5 Å². The highest BCUT2D eigenvalue weighted by Gasteiger charge is 2.20. The van der Waals surface area contributed by atoms with E-state index in [1.165, 1.54) is 5.56 Å². The lowest BCUT2D eigenvalue weighted by molar-refractivity contribution is 0.248. The van der Waals surface area contributed by atoms with Crippen molar-refractivity contribution < 1.29 is 4.79 Å². The van der Waals surface area contributed by atoms with Crippen molar-refractivity contribution in [1.29, 1.82) is 0 Å². The molecule has 0 fully saturated rings. The van der Waals surface area contributed by atoms with E-state index in [2.05, 4.69) is 51.9 Å². The number of hydrogen-bond donors (Lipinski definition) is 2. The van der Waals surface area contributed by atoms with Crippen LogP contribution in [0.15, 0.2) is 79.0 Å². The third kappa shape index (κ3) is 4.86. The van der Waals surface area contributed by atoms with Crippen molar-refractivity contribution in [3.8, 4) is 5.69 Å². The van der Waals surface area contributed by atoms with Crippen LogP contribution in [0.1, 0.15) is 34.3 Å². The molecule has 162 valence electrons. The normalized spacial score (nSPS) is 11.7. The number of anilines is 1. The Balaban J connectivity index is 1.54. The van der Waals surface area contributed by atoms with Crippen LogP contribution in [-0.2, 0) is 6.42 Å². The third-order valence-corrected chi connectivity index (χ3v) is 5.44. The van der Waals surface area contributed by atoms with Gasteiger partial charge in [0.15, 0.2) is 0 Å². The topological polar surface area (TPSA) is 71.8 Å². The fraction of sp³-hybridized carbons (Fsp3) is 0.192. The Kier molecular flexibility index (Phi) is 6.31. The highest BCUT2D eigenvalue weighted by atomic mass is 16.2. The van der Waals surface area contributed by atoms with Gasteiger partial charge in [0.2, 0.25) is 0 Å². The molecular formula is C26H27N5O. The second kappa shape index (κ2) is 9.47. The molecule has 2 N–H and O–H groups in total. The maximum Gasteiger partial charge on any atom is 0.319 e. The summed E-state index contributed by atoms with van der Waals surface area (Å²) in [5.74, 6) is 0. The van der Waals surface area contributed by atoms with Crippen molar-refractivity contribution in [1.82, 2.24) is 20.1 Å². The number of nitrogens with zero attached hydrogens (tertiary/aromatic N) is 3. The Hall–Kier alpha value is -3.93. The van der Waals surface area contributed by atoms with Gasteiger partial charge in [0.05, 0.1) is 34.5 Å². The van der Waals surface area contributed by atoms with Gasteiger partial charge < -0.3 is 10.6 Å². The molecule has 2 amide bonds. The Morgan fingerprint density at radius 1 is 0.938 bits per heavy atom. The van der Waals surface area contributed by atoms with Gasteiger partial charge in [-0.2, -0.15) is 5.10 Å². The maximum atomic E-state index is 13.0. The molecule has 0 aliphatic heterocycles. The molecule has 4 rings (SSSR count). The standard InChI is InChI=1S/C26H27N5O/c1-18-12-14-21(15-13-18)17-24(23-11-7-8-16-27-23)28-26(32)29-25-19(2)30-31(20(25)3)22-9-5-4-6-10-22/h4-16,24H,17H2,1-3H3,(H2,28,29,32). The molecule has 1 unspecified atom stereocenters. The average molecular weight is 426 g/mol. The number of urea groups is 1. The predicted octanol–water partition coefficient (Wildman–Crippen LogP) is 5.30. The zero-order valence-electron chi connectivity index (χ0n) is 18.5. The van der Waals surface area contributed by atoms with Gasteiger partial charge in [0.1, 0.15) is 0 Å². The summed E-state index contributed by atoms with van der Waals surface area (Å²) in [6.45, 7) is 5.90. The highest BCUT2D eigenvalue weighted by Crippen LogP contribution is 2.23. The summed E-state index contributed by atoms with van der Waals surface area (Å²) < 4.78 is 1.84. The smallest absolute Gasteiger partial charge is 0.319 e. The number of aromatic nitrogens is 3. The molecule has 0 aliphatic rings. The second-order valence-electron chi connectivity index (χ2n) is 7.89. The lowest BCUT2D eigenvalue weighted by Gasteiger charge is -2.19. The predicted molar refractivity (Wildman–Crippen MR) is 127 cm³/mol. The number of benzene rings is 2. The van der Waals surface area contributed by atoms with E-state index in [1.807, 2.05) is 67.1 Å². The van der Waals surface area contributed by atoms with Crippen molar-refractivity contribution in [2.45, 2.75) is 33.2 Å². The van der Waals surface area contributed by atoms with Crippen LogP contribution in [0.2, 0.25) is 0 Å². The largest absolute Gasteiger partial charge is 0.329 e. The number of para-hydroxylation sites is 1. The number of hydrogen-bond acceptors (Lipinski definition) is 3. The number of aryl methyl sites for hydroxylation is 2. The van der Waals surface area contributed by atoms with Gasteiger partial charge in [0.25, 0.3) is 0 Å². The van der Waals surface area contributed by atoms with E-state index in [9.17, 15) is 4.79 Å². The number of carbonyl (C=O) groups is 1. The summed E-state index contributed by atoms with van der Waals surface area (Å²) in [6, 6.07) is 23.4. The SMILES string of the molecule is Cc1ccc(CC(NC(=O)Nc2c(C)nn(-c3ccccc3)c2C)c2ccccn2)cc1. The quantitative estimate of drug-likeness (QED) is 0.440. The minimum atomic E-state index is -0.286. The Morgan fingerprint density at radius 3 is 2.34 bits per heavy atom. The van der Waals surface area contributed by atoms with Crippen molar-refractivity contribution >= 4 is 11.7 Å². The summed E-state index contributed by atoms with van der Waals surface area (Å²) in [6.07, 6.45) is 2.39. The van der Waals surface area contributed by atoms with Gasteiger partial charge in [-0.1, -0.05) is 54.1 Å². The zero-order valence-corrected chi connectivity index (χ0v) is 18.5. The molecule has 4 aromatic rings. The van der Waals surface area contributed by atoms with Gasteiger partial charge in [-0.3, -0.25) is 4.98 Å². The first-order chi connectivity index (χ1) is 15.5. The van der Waals surface area contributed by atoms with Crippen molar-refractivity contribution in [2.24, 2.45) is 0 Å². The van der Waals surface area contributed by atoms with Crippen LogP contribution in [-0.4, -0.2) is 20.8 Å². The van der Waals surface area contributed by atoms with Gasteiger partial charge in [-0.25, -0.2) is 9.48 Å². The first kappa shape index (κ1) is 21.3. The van der Waals surface area contributed by atoms with Crippen LogP contribution >= 0.6 is 0 Å². The number of carbonyl (C=O) groups excluding carboxylic acids is 1. The summed E-state index contributed by atoms with van der Waals surface area (Å²) >= 11 is 0. The molecule has 0 radical (unpaired) electrons. The first-order valence-electron chi connectivity index (χ1n) is 10.7. The van der Waals surface area contributed by atoms with E-state index < -0.39 is 0 Å². The van der Waals surface area contributed by atoms with Crippen LogP contribution < -0.4 is 10.6 Å². The van der Waals surface area contributed by atoms with E-state index in [4.69, 9.17) is 0 Å². The molecule has 32 heavy (non-hydrogen) atoms. The van der Waals surface area contributed by atoms with E-state index in [1.54, 1.807) is 6.20 Å². The highest BCUT2D eigenvalue weighted by molar-refractivity contribution is 5.90. The summed E-state index contributed by atoms with van der Waals surface area (Å²) in [5, 5.41) is 10.7. The molecule has 0 aliphatic carbocycles. The van der Waals surface area contributed by atoms with Crippen molar-refractivity contribution in [3.05, 3.63) is 107 Å². The van der Waals surface area contributed by atoms with E-state index in [0.717, 1.165) is 28.3 Å². The van der Waals surface area contributed by atoms with Crippen LogP contribution in [0.5, 0.6) is 0 Å². The molecular weight excluding hydrogens is 398 g/mol.